The molecular formula is C23H25F2N5O2S. The second kappa shape index (κ2) is 9.70. The zero-order chi connectivity index (χ0) is 23.4. The van der Waals surface area contributed by atoms with Crippen LogP contribution in [0.5, 0.6) is 11.5 Å². The van der Waals surface area contributed by atoms with Gasteiger partial charge in [-0.25, -0.2) is 18.7 Å². The molecule has 7 nitrogen and oxygen atoms in total. The maximum Gasteiger partial charge on any atom is 0.227 e. The second-order valence-corrected chi connectivity index (χ2v) is 10.5. The fourth-order valence-electron chi connectivity index (χ4n) is 3.42. The predicted molar refractivity (Wildman–Crippen MR) is 125 cm³/mol. The van der Waals surface area contributed by atoms with E-state index < -0.39 is 21.3 Å². The van der Waals surface area contributed by atoms with Crippen LogP contribution >= 0.6 is 0 Å². The molecule has 1 atom stereocenters. The zero-order valence-electron chi connectivity index (χ0n) is 18.4. The van der Waals surface area contributed by atoms with E-state index >= 15 is 0 Å². The third-order valence-electron chi connectivity index (χ3n) is 5.08. The Morgan fingerprint density at radius 1 is 1.12 bits per heavy atom. The van der Waals surface area contributed by atoms with Crippen molar-refractivity contribution >= 4 is 21.3 Å². The maximum atomic E-state index is 14.7. The largest absolute Gasteiger partial charge is 0.494 e. The van der Waals surface area contributed by atoms with Crippen molar-refractivity contribution in [3.05, 3.63) is 59.8 Å². The summed E-state index contributed by atoms with van der Waals surface area (Å²) in [6.45, 7) is 0.784. The van der Waals surface area contributed by atoms with Crippen LogP contribution in [0.3, 0.4) is 0 Å². The molecule has 4 bridgehead atoms. The summed E-state index contributed by atoms with van der Waals surface area (Å²) in [7, 11) is -0.234. The molecule has 2 aromatic carbocycles. The smallest absolute Gasteiger partial charge is 0.227 e. The number of rotatable bonds is 2. The average Bonchev–Trinajstić information content (AvgIpc) is 2.77. The van der Waals surface area contributed by atoms with Crippen molar-refractivity contribution in [2.45, 2.75) is 18.6 Å². The van der Waals surface area contributed by atoms with Gasteiger partial charge in [-0.1, -0.05) is 9.62 Å². The molecule has 1 aliphatic heterocycles. The molecule has 0 aliphatic carbocycles. The molecule has 0 radical (unpaired) electrons. The van der Waals surface area contributed by atoms with Crippen molar-refractivity contribution in [2.24, 2.45) is 4.36 Å². The number of ether oxygens (including phenoxy) is 2. The fraction of sp³-hybridized carbons (Fsp3) is 0.304. The first-order valence-corrected chi connectivity index (χ1v) is 12.6. The minimum atomic E-state index is -1.89. The van der Waals surface area contributed by atoms with Gasteiger partial charge >= 0.3 is 0 Å². The van der Waals surface area contributed by atoms with Crippen LogP contribution in [-0.2, 0) is 15.4 Å². The minimum absolute atomic E-state index is 0.0120. The molecule has 2 N–H and O–H groups in total. The van der Waals surface area contributed by atoms with E-state index in [1.165, 1.54) is 18.2 Å². The lowest BCUT2D eigenvalue weighted by atomic mass is 10.1. The van der Waals surface area contributed by atoms with Crippen molar-refractivity contribution in [2.75, 3.05) is 31.8 Å². The van der Waals surface area contributed by atoms with Gasteiger partial charge in [-0.3, -0.25) is 9.14 Å². The van der Waals surface area contributed by atoms with Gasteiger partial charge in [0.15, 0.2) is 5.82 Å². The summed E-state index contributed by atoms with van der Waals surface area (Å²) in [5, 5.41) is 3.10. The van der Waals surface area contributed by atoms with Gasteiger partial charge in [0.05, 0.1) is 19.4 Å². The number of hydrogen-bond donors (Lipinski definition) is 2. The summed E-state index contributed by atoms with van der Waals surface area (Å²) in [4.78, 5) is 8.40. The Bertz CT molecular complexity index is 1290. The Morgan fingerprint density at radius 3 is 2.70 bits per heavy atom. The fourth-order valence-corrected chi connectivity index (χ4v) is 4.37. The highest BCUT2D eigenvalue weighted by molar-refractivity contribution is 7.93. The lowest BCUT2D eigenvalue weighted by Gasteiger charge is -2.14. The number of hydrogen-bond acceptors (Lipinski definition) is 7. The Labute approximate surface area is 191 Å². The highest BCUT2D eigenvalue weighted by atomic mass is 32.2. The number of fused-ring (bicyclic) bond motifs is 6. The summed E-state index contributed by atoms with van der Waals surface area (Å²) in [6, 6.07) is 9.52. The monoisotopic (exact) mass is 473 g/mol. The van der Waals surface area contributed by atoms with Crippen molar-refractivity contribution < 1.29 is 18.3 Å². The molecule has 4 rings (SSSR count). The van der Waals surface area contributed by atoms with Gasteiger partial charge in [0.25, 0.3) is 0 Å². The van der Waals surface area contributed by atoms with Gasteiger partial charge in [-0.05, 0) is 42.7 Å². The number of aromatic nitrogens is 2. The van der Waals surface area contributed by atoms with Crippen LogP contribution in [0.2, 0.25) is 0 Å². The van der Waals surface area contributed by atoms with Gasteiger partial charge in [0.2, 0.25) is 5.95 Å². The molecule has 0 fully saturated rings. The maximum absolute atomic E-state index is 14.7. The Kier molecular flexibility index (Phi) is 6.73. The van der Waals surface area contributed by atoms with E-state index in [4.69, 9.17) is 14.3 Å². The topological polar surface area (TPSA) is 92.5 Å². The lowest BCUT2D eigenvalue weighted by Crippen LogP contribution is -2.04. The summed E-state index contributed by atoms with van der Waals surface area (Å²) < 4.78 is 52.8. The second-order valence-electron chi connectivity index (χ2n) is 7.79. The van der Waals surface area contributed by atoms with Crippen LogP contribution < -0.4 is 14.8 Å². The zero-order valence-corrected chi connectivity index (χ0v) is 19.2. The summed E-state index contributed by atoms with van der Waals surface area (Å²) in [5.41, 5.74) is 1.90. The van der Waals surface area contributed by atoms with Crippen LogP contribution in [0.25, 0.3) is 11.3 Å². The molecule has 1 aliphatic rings. The number of nitrogens with one attached hydrogen (secondary N) is 2. The van der Waals surface area contributed by atoms with Gasteiger partial charge < -0.3 is 14.8 Å². The molecule has 0 spiro atoms. The van der Waals surface area contributed by atoms with Crippen LogP contribution in [-0.4, -0.2) is 36.5 Å². The summed E-state index contributed by atoms with van der Waals surface area (Å²) in [5.74, 6) is 0.382. The van der Waals surface area contributed by atoms with Gasteiger partial charge in [0.1, 0.15) is 23.0 Å². The molecule has 0 amide bonds. The van der Waals surface area contributed by atoms with Crippen molar-refractivity contribution in [1.29, 1.82) is 4.78 Å². The van der Waals surface area contributed by atoms with Crippen LogP contribution in [0.4, 0.5) is 20.4 Å². The predicted octanol–water partition coefficient (Wildman–Crippen LogP) is 5.58. The van der Waals surface area contributed by atoms with Gasteiger partial charge in [-0.15, -0.1) is 0 Å². The van der Waals surface area contributed by atoms with E-state index in [0.717, 1.165) is 11.8 Å². The lowest BCUT2D eigenvalue weighted by molar-refractivity contribution is 0.266. The molecule has 2 heterocycles. The highest BCUT2D eigenvalue weighted by Crippen LogP contribution is 2.33. The molecule has 174 valence electrons. The summed E-state index contributed by atoms with van der Waals surface area (Å²) >= 11 is 0. The van der Waals surface area contributed by atoms with E-state index in [9.17, 15) is 8.78 Å². The Balaban J connectivity index is 1.78. The third kappa shape index (κ3) is 5.75. The van der Waals surface area contributed by atoms with Crippen molar-refractivity contribution in [1.82, 2.24) is 9.97 Å². The number of benzene rings is 2. The number of anilines is 2. The van der Waals surface area contributed by atoms with Crippen LogP contribution in [0.15, 0.2) is 47.0 Å². The number of halogens is 2. The van der Waals surface area contributed by atoms with Crippen molar-refractivity contribution in [3.63, 3.8) is 0 Å². The molecule has 3 aromatic rings. The van der Waals surface area contributed by atoms with E-state index in [1.807, 2.05) is 24.5 Å². The first kappa shape index (κ1) is 22.9. The van der Waals surface area contributed by atoms with E-state index in [1.54, 1.807) is 7.05 Å². The Hall–Kier alpha value is -3.27. The molecule has 1 unspecified atom stereocenters. The standard InChI is InChI=1S/C23H25F2N5O2S/c1-27-33(2,26)14-15-9-17-12-18(10-15)31-7-3-4-8-32-21-11-16(24)5-6-19(21)22-20(25)13-28-23(29-17)30-22/h5-6,9-13,26H,3-4,7-8,14H2,1-2H3,(H,28,29,30). The van der Waals surface area contributed by atoms with Gasteiger partial charge in [0, 0.05) is 42.4 Å². The normalized spacial score (nSPS) is 15.4. The Morgan fingerprint density at radius 2 is 1.91 bits per heavy atom. The average molecular weight is 474 g/mol. The molecular weight excluding hydrogens is 448 g/mol. The third-order valence-corrected chi connectivity index (χ3v) is 6.78. The molecule has 0 saturated carbocycles. The first-order valence-electron chi connectivity index (χ1n) is 10.4. The van der Waals surface area contributed by atoms with Crippen molar-refractivity contribution in [3.8, 4) is 22.8 Å². The molecule has 1 aromatic heterocycles. The van der Waals surface area contributed by atoms with E-state index in [2.05, 4.69) is 19.6 Å². The van der Waals surface area contributed by atoms with Gasteiger partial charge in [-0.2, -0.15) is 0 Å². The first-order chi connectivity index (χ1) is 15.8. The SMILES string of the molecule is CN=S(C)(=N)Cc1cc2cc(c1)OCCCCOc1cc(F)ccc1-c1nc(ncc1F)N2. The molecule has 0 saturated heterocycles. The summed E-state index contributed by atoms with van der Waals surface area (Å²) in [6.07, 6.45) is 4.27. The van der Waals surface area contributed by atoms with E-state index in [-0.39, 0.29) is 17.4 Å². The van der Waals surface area contributed by atoms with Crippen LogP contribution in [0.1, 0.15) is 18.4 Å². The molecule has 10 heteroatoms. The van der Waals surface area contributed by atoms with Crippen LogP contribution in [0, 0.1) is 16.4 Å². The minimum Gasteiger partial charge on any atom is -0.494 e. The number of nitrogens with zero attached hydrogens (tertiary/aromatic N) is 3. The molecule has 33 heavy (non-hydrogen) atoms. The highest BCUT2D eigenvalue weighted by Gasteiger charge is 2.17. The quantitative estimate of drug-likeness (QED) is 0.507. The van der Waals surface area contributed by atoms with E-state index in [0.29, 0.717) is 48.8 Å².